The first-order chi connectivity index (χ1) is 7.33. The number of ether oxygens (including phenoxy) is 1. The summed E-state index contributed by atoms with van der Waals surface area (Å²) >= 11 is 0. The molecule has 1 aromatic heterocycles. The average molecular weight is 204 g/mol. The summed E-state index contributed by atoms with van der Waals surface area (Å²) < 4.78 is 5.28. The van der Waals surface area contributed by atoms with Crippen LogP contribution in [-0.2, 0) is 11.3 Å². The molecular weight excluding hydrogens is 192 g/mol. The van der Waals surface area contributed by atoms with Crippen molar-refractivity contribution in [1.29, 1.82) is 10.7 Å². The van der Waals surface area contributed by atoms with Gasteiger partial charge in [-0.2, -0.15) is 5.26 Å². The lowest BCUT2D eigenvalue weighted by atomic mass is 10.4. The SMILES string of the molecule is N#CNC(=N)CCOCc1ccccn1. The van der Waals surface area contributed by atoms with E-state index in [4.69, 9.17) is 15.4 Å². The summed E-state index contributed by atoms with van der Waals surface area (Å²) in [5, 5.41) is 17.7. The molecule has 0 amide bonds. The Hall–Kier alpha value is -1.93. The Bertz CT molecular complexity index is 344. The van der Waals surface area contributed by atoms with Gasteiger partial charge in [-0.25, -0.2) is 0 Å². The third-order valence-electron chi connectivity index (χ3n) is 1.68. The number of nitrogens with one attached hydrogen (secondary N) is 2. The molecule has 0 aliphatic carbocycles. The molecule has 0 bridgehead atoms. The van der Waals surface area contributed by atoms with E-state index in [-0.39, 0.29) is 5.84 Å². The first-order valence-corrected chi connectivity index (χ1v) is 4.53. The molecule has 0 spiro atoms. The Morgan fingerprint density at radius 3 is 3.13 bits per heavy atom. The Balaban J connectivity index is 2.13. The van der Waals surface area contributed by atoms with Crippen molar-refractivity contribution in [2.24, 2.45) is 0 Å². The highest BCUT2D eigenvalue weighted by Gasteiger charge is 1.96. The smallest absolute Gasteiger partial charge is 0.182 e. The van der Waals surface area contributed by atoms with E-state index in [0.717, 1.165) is 5.69 Å². The topological polar surface area (TPSA) is 81.8 Å². The summed E-state index contributed by atoms with van der Waals surface area (Å²) in [7, 11) is 0. The highest BCUT2D eigenvalue weighted by Crippen LogP contribution is 1.96. The fraction of sp³-hybridized carbons (Fsp3) is 0.300. The zero-order chi connectivity index (χ0) is 10.9. The molecule has 78 valence electrons. The van der Waals surface area contributed by atoms with Crippen molar-refractivity contribution in [3.8, 4) is 6.19 Å². The predicted molar refractivity (Wildman–Crippen MR) is 55.0 cm³/mol. The van der Waals surface area contributed by atoms with Gasteiger partial charge in [0.2, 0.25) is 0 Å². The number of aromatic nitrogens is 1. The van der Waals surface area contributed by atoms with Crippen LogP contribution in [0.1, 0.15) is 12.1 Å². The fourth-order valence-corrected chi connectivity index (χ4v) is 0.964. The van der Waals surface area contributed by atoms with Crippen molar-refractivity contribution >= 4 is 5.84 Å². The van der Waals surface area contributed by atoms with Gasteiger partial charge in [0.25, 0.3) is 0 Å². The van der Waals surface area contributed by atoms with Gasteiger partial charge in [-0.1, -0.05) is 6.07 Å². The first-order valence-electron chi connectivity index (χ1n) is 4.53. The van der Waals surface area contributed by atoms with E-state index < -0.39 is 0 Å². The first kappa shape index (κ1) is 11.1. The molecule has 1 rings (SSSR count). The molecule has 0 atom stereocenters. The molecule has 5 heteroatoms. The van der Waals surface area contributed by atoms with Crippen LogP contribution in [0.3, 0.4) is 0 Å². The minimum absolute atomic E-state index is 0.165. The summed E-state index contributed by atoms with van der Waals surface area (Å²) in [5.74, 6) is 0.165. The van der Waals surface area contributed by atoms with E-state index in [0.29, 0.717) is 19.6 Å². The van der Waals surface area contributed by atoms with Crippen molar-refractivity contribution in [3.63, 3.8) is 0 Å². The molecule has 0 radical (unpaired) electrons. The predicted octanol–water partition coefficient (Wildman–Crippen LogP) is 1.04. The van der Waals surface area contributed by atoms with Gasteiger partial charge >= 0.3 is 0 Å². The number of hydrogen-bond acceptors (Lipinski definition) is 4. The summed E-state index contributed by atoms with van der Waals surface area (Å²) in [4.78, 5) is 4.09. The average Bonchev–Trinajstić information content (AvgIpc) is 2.26. The van der Waals surface area contributed by atoms with E-state index in [1.54, 1.807) is 12.4 Å². The van der Waals surface area contributed by atoms with E-state index in [1.165, 1.54) is 0 Å². The maximum atomic E-state index is 8.22. The van der Waals surface area contributed by atoms with Crippen molar-refractivity contribution in [1.82, 2.24) is 10.3 Å². The number of pyridine rings is 1. The third-order valence-corrected chi connectivity index (χ3v) is 1.68. The normalized spacial score (nSPS) is 9.27. The van der Waals surface area contributed by atoms with E-state index >= 15 is 0 Å². The minimum atomic E-state index is 0.165. The fourth-order valence-electron chi connectivity index (χ4n) is 0.964. The summed E-state index contributed by atoms with van der Waals surface area (Å²) in [6.07, 6.45) is 3.79. The number of amidine groups is 1. The Morgan fingerprint density at radius 1 is 1.60 bits per heavy atom. The van der Waals surface area contributed by atoms with Crippen LogP contribution in [-0.4, -0.2) is 17.4 Å². The minimum Gasteiger partial charge on any atom is -0.375 e. The van der Waals surface area contributed by atoms with Crippen LogP contribution < -0.4 is 5.32 Å². The van der Waals surface area contributed by atoms with Gasteiger partial charge in [-0.05, 0) is 12.1 Å². The molecule has 0 aliphatic heterocycles. The van der Waals surface area contributed by atoms with Crippen LogP contribution in [0.2, 0.25) is 0 Å². The Morgan fingerprint density at radius 2 is 2.47 bits per heavy atom. The second-order valence-electron chi connectivity index (χ2n) is 2.84. The highest BCUT2D eigenvalue weighted by atomic mass is 16.5. The number of rotatable bonds is 5. The molecule has 1 heterocycles. The van der Waals surface area contributed by atoms with Crippen molar-refractivity contribution in [2.75, 3.05) is 6.61 Å². The van der Waals surface area contributed by atoms with Crippen LogP contribution in [0, 0.1) is 16.9 Å². The standard InChI is InChI=1S/C10H12N4O/c11-8-14-10(12)4-6-15-7-9-3-1-2-5-13-9/h1-3,5H,4,6-7H2,(H2,12,14). The van der Waals surface area contributed by atoms with E-state index in [2.05, 4.69) is 10.3 Å². The van der Waals surface area contributed by atoms with Gasteiger partial charge < -0.3 is 4.74 Å². The molecule has 0 fully saturated rings. The second-order valence-corrected chi connectivity index (χ2v) is 2.84. The largest absolute Gasteiger partial charge is 0.375 e. The molecule has 5 nitrogen and oxygen atoms in total. The van der Waals surface area contributed by atoms with Crippen LogP contribution in [0.4, 0.5) is 0 Å². The number of hydrogen-bond donors (Lipinski definition) is 2. The zero-order valence-corrected chi connectivity index (χ0v) is 8.23. The van der Waals surface area contributed by atoms with Gasteiger partial charge in [-0.3, -0.25) is 15.7 Å². The maximum absolute atomic E-state index is 8.22. The lowest BCUT2D eigenvalue weighted by molar-refractivity contribution is 0.124. The van der Waals surface area contributed by atoms with Crippen LogP contribution in [0.25, 0.3) is 0 Å². The number of nitrogens with zero attached hydrogens (tertiary/aromatic N) is 2. The molecular formula is C10H12N4O. The molecule has 0 unspecified atom stereocenters. The van der Waals surface area contributed by atoms with Crippen LogP contribution >= 0.6 is 0 Å². The third kappa shape index (κ3) is 4.74. The molecule has 2 N–H and O–H groups in total. The van der Waals surface area contributed by atoms with Crippen molar-refractivity contribution < 1.29 is 4.74 Å². The zero-order valence-electron chi connectivity index (χ0n) is 8.23. The molecule has 0 aliphatic rings. The van der Waals surface area contributed by atoms with Crippen LogP contribution in [0.5, 0.6) is 0 Å². The molecule has 15 heavy (non-hydrogen) atoms. The van der Waals surface area contributed by atoms with Gasteiger partial charge in [0.1, 0.15) is 5.84 Å². The lowest BCUT2D eigenvalue weighted by Crippen LogP contribution is -2.18. The van der Waals surface area contributed by atoms with Crippen molar-refractivity contribution in [3.05, 3.63) is 30.1 Å². The van der Waals surface area contributed by atoms with Crippen molar-refractivity contribution in [2.45, 2.75) is 13.0 Å². The summed E-state index contributed by atoms with van der Waals surface area (Å²) in [6, 6.07) is 5.61. The Labute approximate surface area is 88.2 Å². The summed E-state index contributed by atoms with van der Waals surface area (Å²) in [5.41, 5.74) is 0.859. The van der Waals surface area contributed by atoms with Gasteiger partial charge in [0.05, 0.1) is 18.9 Å². The van der Waals surface area contributed by atoms with Gasteiger partial charge in [0.15, 0.2) is 6.19 Å². The summed E-state index contributed by atoms with van der Waals surface area (Å²) in [6.45, 7) is 0.838. The molecule has 0 aromatic carbocycles. The quantitative estimate of drug-likeness (QED) is 0.247. The second kappa shape index (κ2) is 6.51. The monoisotopic (exact) mass is 204 g/mol. The van der Waals surface area contributed by atoms with Gasteiger partial charge in [0, 0.05) is 12.6 Å². The molecule has 0 saturated carbocycles. The van der Waals surface area contributed by atoms with E-state index in [1.807, 2.05) is 18.2 Å². The van der Waals surface area contributed by atoms with Crippen LogP contribution in [0.15, 0.2) is 24.4 Å². The maximum Gasteiger partial charge on any atom is 0.182 e. The van der Waals surface area contributed by atoms with E-state index in [9.17, 15) is 0 Å². The highest BCUT2D eigenvalue weighted by molar-refractivity contribution is 5.80. The Kier molecular flexibility index (Phi) is 4.84. The van der Waals surface area contributed by atoms with Gasteiger partial charge in [-0.15, -0.1) is 0 Å². The molecule has 1 aromatic rings. The lowest BCUT2D eigenvalue weighted by Gasteiger charge is -2.03. The number of nitriles is 1. The molecule has 0 saturated heterocycles.